The van der Waals surface area contributed by atoms with Crippen molar-refractivity contribution >= 4 is 11.6 Å². The van der Waals surface area contributed by atoms with Gasteiger partial charge in [-0.3, -0.25) is 9.78 Å². The highest BCUT2D eigenvalue weighted by Crippen LogP contribution is 2.36. The number of aromatic nitrogens is 1. The first-order valence-corrected chi connectivity index (χ1v) is 9.01. The van der Waals surface area contributed by atoms with E-state index in [2.05, 4.69) is 4.98 Å². The largest absolute Gasteiger partial charge is 0.493 e. The van der Waals surface area contributed by atoms with Gasteiger partial charge in [-0.05, 0) is 48.9 Å². The van der Waals surface area contributed by atoms with E-state index in [9.17, 15) is 13.6 Å². The first-order valence-electron chi connectivity index (χ1n) is 9.01. The standard InChI is InChI=1S/C22H18F2N2O2/c1-2-28-21-7-6-17(24)10-18(21)15-9-20-19(25-12-15)11-22(27)26(20)13-14-4-3-5-16(23)8-14/h3-10,12H,2,11,13H2,1H3. The van der Waals surface area contributed by atoms with E-state index in [-0.39, 0.29) is 30.5 Å². The first-order chi connectivity index (χ1) is 13.5. The molecule has 0 unspecified atom stereocenters. The van der Waals surface area contributed by atoms with Gasteiger partial charge in [0.25, 0.3) is 0 Å². The van der Waals surface area contributed by atoms with Gasteiger partial charge < -0.3 is 9.64 Å². The van der Waals surface area contributed by atoms with Crippen LogP contribution in [-0.2, 0) is 17.8 Å². The topological polar surface area (TPSA) is 42.4 Å². The Morgan fingerprint density at radius 2 is 1.93 bits per heavy atom. The molecule has 0 atom stereocenters. The second-order valence-electron chi connectivity index (χ2n) is 6.55. The van der Waals surface area contributed by atoms with Crippen LogP contribution in [0.2, 0.25) is 0 Å². The van der Waals surface area contributed by atoms with Gasteiger partial charge in [0.05, 0.1) is 31.0 Å². The highest BCUT2D eigenvalue weighted by molar-refractivity contribution is 6.01. The van der Waals surface area contributed by atoms with E-state index < -0.39 is 0 Å². The van der Waals surface area contributed by atoms with Crippen LogP contribution in [-0.4, -0.2) is 17.5 Å². The lowest BCUT2D eigenvalue weighted by Crippen LogP contribution is -2.26. The third kappa shape index (κ3) is 3.45. The SMILES string of the molecule is CCOc1ccc(F)cc1-c1cnc2c(c1)N(Cc1cccc(F)c1)C(=O)C2. The van der Waals surface area contributed by atoms with Gasteiger partial charge in [-0.1, -0.05) is 12.1 Å². The molecule has 0 spiro atoms. The maximum atomic E-state index is 13.8. The number of amides is 1. The summed E-state index contributed by atoms with van der Waals surface area (Å²) in [6.07, 6.45) is 1.81. The zero-order valence-electron chi connectivity index (χ0n) is 15.3. The summed E-state index contributed by atoms with van der Waals surface area (Å²) in [6, 6.07) is 12.3. The number of nitrogens with zero attached hydrogens (tertiary/aromatic N) is 2. The third-order valence-corrected chi connectivity index (χ3v) is 4.64. The highest BCUT2D eigenvalue weighted by atomic mass is 19.1. The van der Waals surface area contributed by atoms with E-state index in [0.29, 0.717) is 40.4 Å². The van der Waals surface area contributed by atoms with Crippen LogP contribution in [0.25, 0.3) is 11.1 Å². The Balaban J connectivity index is 1.73. The quantitative estimate of drug-likeness (QED) is 0.654. The number of halogens is 2. The Morgan fingerprint density at radius 3 is 2.71 bits per heavy atom. The van der Waals surface area contributed by atoms with Gasteiger partial charge in [-0.2, -0.15) is 0 Å². The van der Waals surface area contributed by atoms with Gasteiger partial charge in [-0.15, -0.1) is 0 Å². The normalized spacial score (nSPS) is 13.0. The van der Waals surface area contributed by atoms with Crippen molar-refractivity contribution in [3.63, 3.8) is 0 Å². The van der Waals surface area contributed by atoms with Crippen molar-refractivity contribution in [3.8, 4) is 16.9 Å². The van der Waals surface area contributed by atoms with Crippen molar-refractivity contribution < 1.29 is 18.3 Å². The van der Waals surface area contributed by atoms with Crippen LogP contribution >= 0.6 is 0 Å². The van der Waals surface area contributed by atoms with Gasteiger partial charge in [0, 0.05) is 17.3 Å². The Morgan fingerprint density at radius 1 is 1.11 bits per heavy atom. The van der Waals surface area contributed by atoms with Crippen molar-refractivity contribution in [3.05, 3.63) is 77.6 Å². The molecule has 1 aromatic heterocycles. The van der Waals surface area contributed by atoms with Gasteiger partial charge in [0.15, 0.2) is 0 Å². The van der Waals surface area contributed by atoms with Gasteiger partial charge in [0.2, 0.25) is 5.91 Å². The lowest BCUT2D eigenvalue weighted by atomic mass is 10.0. The second kappa shape index (κ2) is 7.38. The summed E-state index contributed by atoms with van der Waals surface area (Å²) in [5, 5.41) is 0. The van der Waals surface area contributed by atoms with Crippen molar-refractivity contribution in [2.24, 2.45) is 0 Å². The number of rotatable bonds is 5. The first kappa shape index (κ1) is 18.1. The zero-order chi connectivity index (χ0) is 19.7. The monoisotopic (exact) mass is 380 g/mol. The molecule has 0 bridgehead atoms. The molecule has 3 aromatic rings. The number of fused-ring (bicyclic) bond motifs is 1. The predicted octanol–water partition coefficient (Wildman–Crippen LogP) is 4.51. The summed E-state index contributed by atoms with van der Waals surface area (Å²) in [7, 11) is 0. The number of pyridine rings is 1. The van der Waals surface area contributed by atoms with Crippen molar-refractivity contribution in [1.82, 2.24) is 4.98 Å². The Kier molecular flexibility index (Phi) is 4.77. The molecular formula is C22H18F2N2O2. The highest BCUT2D eigenvalue weighted by Gasteiger charge is 2.29. The van der Waals surface area contributed by atoms with Crippen LogP contribution in [0.5, 0.6) is 5.75 Å². The number of hydrogen-bond donors (Lipinski definition) is 0. The van der Waals surface area contributed by atoms with E-state index in [1.807, 2.05) is 13.0 Å². The molecule has 0 saturated carbocycles. The summed E-state index contributed by atoms with van der Waals surface area (Å²) >= 11 is 0. The average Bonchev–Trinajstić information content (AvgIpc) is 2.98. The molecule has 2 aromatic carbocycles. The number of anilines is 1. The van der Waals surface area contributed by atoms with E-state index in [0.717, 1.165) is 0 Å². The van der Waals surface area contributed by atoms with Crippen LogP contribution in [0, 0.1) is 11.6 Å². The summed E-state index contributed by atoms with van der Waals surface area (Å²) in [4.78, 5) is 18.5. The number of hydrogen-bond acceptors (Lipinski definition) is 3. The maximum absolute atomic E-state index is 13.8. The molecule has 4 nitrogen and oxygen atoms in total. The van der Waals surface area contributed by atoms with E-state index >= 15 is 0 Å². The molecule has 0 fully saturated rings. The van der Waals surface area contributed by atoms with Crippen LogP contribution < -0.4 is 9.64 Å². The molecule has 1 aliphatic rings. The fourth-order valence-corrected chi connectivity index (χ4v) is 3.37. The molecule has 1 amide bonds. The zero-order valence-corrected chi connectivity index (χ0v) is 15.3. The number of carbonyl (C=O) groups is 1. The van der Waals surface area contributed by atoms with Gasteiger partial charge in [-0.25, -0.2) is 8.78 Å². The molecule has 0 aliphatic carbocycles. The molecular weight excluding hydrogens is 362 g/mol. The fourth-order valence-electron chi connectivity index (χ4n) is 3.37. The summed E-state index contributed by atoms with van der Waals surface area (Å²) < 4.78 is 33.0. The third-order valence-electron chi connectivity index (χ3n) is 4.64. The molecule has 2 heterocycles. The minimum absolute atomic E-state index is 0.104. The minimum Gasteiger partial charge on any atom is -0.493 e. The Bertz CT molecular complexity index is 1050. The molecule has 0 radical (unpaired) electrons. The van der Waals surface area contributed by atoms with Gasteiger partial charge >= 0.3 is 0 Å². The van der Waals surface area contributed by atoms with Crippen LogP contribution in [0.1, 0.15) is 18.2 Å². The Hall–Kier alpha value is -3.28. The molecule has 142 valence electrons. The molecule has 6 heteroatoms. The molecule has 1 aliphatic heterocycles. The number of carbonyl (C=O) groups excluding carboxylic acids is 1. The van der Waals surface area contributed by atoms with Crippen molar-refractivity contribution in [2.75, 3.05) is 11.5 Å². The second-order valence-corrected chi connectivity index (χ2v) is 6.55. The van der Waals surface area contributed by atoms with Crippen LogP contribution in [0.15, 0.2) is 54.7 Å². The van der Waals surface area contributed by atoms with Crippen molar-refractivity contribution in [2.45, 2.75) is 19.9 Å². The minimum atomic E-state index is -0.383. The fraction of sp³-hybridized carbons (Fsp3) is 0.182. The summed E-state index contributed by atoms with van der Waals surface area (Å²) in [6.45, 7) is 2.55. The lowest BCUT2D eigenvalue weighted by molar-refractivity contribution is -0.117. The van der Waals surface area contributed by atoms with Crippen LogP contribution in [0.4, 0.5) is 14.5 Å². The predicted molar refractivity (Wildman–Crippen MR) is 102 cm³/mol. The number of ether oxygens (including phenoxy) is 1. The molecule has 0 N–H and O–H groups in total. The number of benzene rings is 2. The smallest absolute Gasteiger partial charge is 0.233 e. The summed E-state index contributed by atoms with van der Waals surface area (Å²) in [5.74, 6) is -0.288. The van der Waals surface area contributed by atoms with Crippen molar-refractivity contribution in [1.29, 1.82) is 0 Å². The Labute approximate surface area is 161 Å². The average molecular weight is 380 g/mol. The van der Waals surface area contributed by atoms with E-state index in [1.54, 1.807) is 29.3 Å². The van der Waals surface area contributed by atoms with E-state index in [1.165, 1.54) is 24.3 Å². The lowest BCUT2D eigenvalue weighted by Gasteiger charge is -2.18. The van der Waals surface area contributed by atoms with E-state index in [4.69, 9.17) is 4.74 Å². The maximum Gasteiger partial charge on any atom is 0.233 e. The van der Waals surface area contributed by atoms with Crippen LogP contribution in [0.3, 0.4) is 0 Å². The molecule has 0 saturated heterocycles. The van der Waals surface area contributed by atoms with Gasteiger partial charge in [0.1, 0.15) is 17.4 Å². The molecule has 4 rings (SSSR count). The molecule has 28 heavy (non-hydrogen) atoms. The summed E-state index contributed by atoms with van der Waals surface area (Å²) in [5.41, 5.74) is 3.22.